The van der Waals surface area contributed by atoms with Crippen LogP contribution in [0.1, 0.15) is 16.8 Å². The molecule has 0 aliphatic carbocycles. The van der Waals surface area contributed by atoms with Crippen LogP contribution in [-0.2, 0) is 0 Å². The number of carbonyl (C=O) groups is 1. The van der Waals surface area contributed by atoms with E-state index in [1.165, 1.54) is 0 Å². The van der Waals surface area contributed by atoms with E-state index in [0.717, 1.165) is 35.4 Å². The van der Waals surface area contributed by atoms with Gasteiger partial charge in [0.1, 0.15) is 0 Å². The van der Waals surface area contributed by atoms with Crippen LogP contribution in [0, 0.1) is 5.92 Å². The maximum absolute atomic E-state index is 12.1. The van der Waals surface area contributed by atoms with E-state index in [0.29, 0.717) is 5.92 Å². The number of halogens is 1. The summed E-state index contributed by atoms with van der Waals surface area (Å²) in [6.07, 6.45) is 1.11. The van der Waals surface area contributed by atoms with Gasteiger partial charge in [-0.3, -0.25) is 4.79 Å². The molecule has 1 aromatic heterocycles. The predicted molar refractivity (Wildman–Crippen MR) is 70.0 cm³/mol. The number of nitrogens with zero attached hydrogens (tertiary/aromatic N) is 1. The molecule has 0 radical (unpaired) electrons. The van der Waals surface area contributed by atoms with Gasteiger partial charge in [0.15, 0.2) is 0 Å². The molecule has 1 aromatic rings. The van der Waals surface area contributed by atoms with E-state index in [9.17, 15) is 4.79 Å². The minimum absolute atomic E-state index is 0.167. The fourth-order valence-corrected chi connectivity index (χ4v) is 3.21. The summed E-state index contributed by atoms with van der Waals surface area (Å²) < 4.78 is 1.02. The van der Waals surface area contributed by atoms with Gasteiger partial charge in [0.05, 0.1) is 9.35 Å². The van der Waals surface area contributed by atoms with Crippen molar-refractivity contribution in [2.45, 2.75) is 6.42 Å². The van der Waals surface area contributed by atoms with Crippen molar-refractivity contribution in [2.75, 3.05) is 26.7 Å². The average Bonchev–Trinajstić information content (AvgIpc) is 2.87. The molecule has 1 aliphatic heterocycles. The monoisotopic (exact) mass is 302 g/mol. The Labute approximate surface area is 108 Å². The number of thiophene rings is 1. The van der Waals surface area contributed by atoms with E-state index in [1.807, 2.05) is 23.4 Å². The summed E-state index contributed by atoms with van der Waals surface area (Å²) in [5.41, 5.74) is 0.807. The Bertz CT molecular complexity index is 380. The van der Waals surface area contributed by atoms with Gasteiger partial charge in [-0.05, 0) is 47.9 Å². The summed E-state index contributed by atoms with van der Waals surface area (Å²) in [5, 5.41) is 5.08. The molecule has 1 saturated heterocycles. The molecular formula is C11H15BrN2OS. The van der Waals surface area contributed by atoms with E-state index in [4.69, 9.17) is 0 Å². The van der Waals surface area contributed by atoms with Gasteiger partial charge in [0.25, 0.3) is 5.91 Å². The highest BCUT2D eigenvalue weighted by Crippen LogP contribution is 2.24. The van der Waals surface area contributed by atoms with Crippen molar-refractivity contribution in [3.63, 3.8) is 0 Å². The van der Waals surface area contributed by atoms with Crippen LogP contribution < -0.4 is 5.32 Å². The minimum Gasteiger partial charge on any atom is -0.338 e. The minimum atomic E-state index is 0.167. The van der Waals surface area contributed by atoms with Crippen molar-refractivity contribution in [3.05, 3.63) is 20.8 Å². The van der Waals surface area contributed by atoms with Gasteiger partial charge in [0, 0.05) is 18.5 Å². The summed E-state index contributed by atoms with van der Waals surface area (Å²) in [6, 6.07) is 1.90. The molecule has 1 fully saturated rings. The van der Waals surface area contributed by atoms with Crippen molar-refractivity contribution < 1.29 is 4.79 Å². The van der Waals surface area contributed by atoms with Gasteiger partial charge >= 0.3 is 0 Å². The second-order valence-corrected chi connectivity index (χ2v) is 6.39. The molecule has 1 unspecified atom stereocenters. The standard InChI is InChI=1S/C11H15BrN2OS/c1-13-5-8-2-3-14(6-8)11(15)9-4-10(12)16-7-9/h4,7-8,13H,2-3,5-6H2,1H3. The second-order valence-electron chi connectivity index (χ2n) is 4.10. The highest BCUT2D eigenvalue weighted by molar-refractivity contribution is 9.11. The highest BCUT2D eigenvalue weighted by atomic mass is 79.9. The van der Waals surface area contributed by atoms with Gasteiger partial charge in [0.2, 0.25) is 0 Å². The molecule has 0 saturated carbocycles. The molecule has 0 bridgehead atoms. The zero-order valence-electron chi connectivity index (χ0n) is 9.20. The Morgan fingerprint density at radius 1 is 1.75 bits per heavy atom. The van der Waals surface area contributed by atoms with Crippen LogP contribution in [-0.4, -0.2) is 37.5 Å². The highest BCUT2D eigenvalue weighted by Gasteiger charge is 2.26. The number of hydrogen-bond donors (Lipinski definition) is 1. The molecule has 3 nitrogen and oxygen atoms in total. The Hall–Kier alpha value is -0.390. The first-order valence-electron chi connectivity index (χ1n) is 5.38. The third-order valence-corrected chi connectivity index (χ3v) is 4.38. The second kappa shape index (κ2) is 5.29. The number of rotatable bonds is 3. The summed E-state index contributed by atoms with van der Waals surface area (Å²) in [6.45, 7) is 2.77. The van der Waals surface area contributed by atoms with Gasteiger partial charge in [-0.2, -0.15) is 0 Å². The first kappa shape index (κ1) is 12.1. The van der Waals surface area contributed by atoms with Gasteiger partial charge in [-0.15, -0.1) is 11.3 Å². The number of carbonyl (C=O) groups excluding carboxylic acids is 1. The lowest BCUT2D eigenvalue weighted by Crippen LogP contribution is -2.30. The van der Waals surface area contributed by atoms with Crippen LogP contribution >= 0.6 is 27.3 Å². The van der Waals surface area contributed by atoms with Crippen LogP contribution in [0.5, 0.6) is 0 Å². The quantitative estimate of drug-likeness (QED) is 0.928. The summed E-state index contributed by atoms with van der Waals surface area (Å²) in [5.74, 6) is 0.775. The Morgan fingerprint density at radius 3 is 3.19 bits per heavy atom. The third-order valence-electron chi connectivity index (χ3n) is 2.88. The van der Waals surface area contributed by atoms with Crippen LogP contribution in [0.4, 0.5) is 0 Å². The Balaban J connectivity index is 1.97. The van der Waals surface area contributed by atoms with Crippen LogP contribution in [0.15, 0.2) is 15.2 Å². The normalized spacial score (nSPS) is 20.4. The predicted octanol–water partition coefficient (Wildman–Crippen LogP) is 2.19. The molecule has 2 heterocycles. The third kappa shape index (κ3) is 2.64. The zero-order chi connectivity index (χ0) is 11.5. The smallest absolute Gasteiger partial charge is 0.254 e. The topological polar surface area (TPSA) is 32.3 Å². The Morgan fingerprint density at radius 2 is 2.56 bits per heavy atom. The fourth-order valence-electron chi connectivity index (χ4n) is 2.08. The maximum atomic E-state index is 12.1. The molecule has 16 heavy (non-hydrogen) atoms. The van der Waals surface area contributed by atoms with Gasteiger partial charge < -0.3 is 10.2 Å². The molecule has 2 rings (SSSR count). The molecule has 1 amide bonds. The van der Waals surface area contributed by atoms with Crippen molar-refractivity contribution in [1.82, 2.24) is 10.2 Å². The van der Waals surface area contributed by atoms with E-state index in [1.54, 1.807) is 11.3 Å². The fraction of sp³-hybridized carbons (Fsp3) is 0.545. The van der Waals surface area contributed by atoms with Crippen molar-refractivity contribution in [1.29, 1.82) is 0 Å². The van der Waals surface area contributed by atoms with E-state index in [-0.39, 0.29) is 5.91 Å². The SMILES string of the molecule is CNCC1CCN(C(=O)c2csc(Br)c2)C1. The van der Waals surface area contributed by atoms with Crippen LogP contribution in [0.3, 0.4) is 0 Å². The summed E-state index contributed by atoms with van der Waals surface area (Å²) in [7, 11) is 1.96. The van der Waals surface area contributed by atoms with Crippen LogP contribution in [0.25, 0.3) is 0 Å². The van der Waals surface area contributed by atoms with Crippen molar-refractivity contribution >= 4 is 33.2 Å². The largest absolute Gasteiger partial charge is 0.338 e. The molecule has 1 atom stereocenters. The number of hydrogen-bond acceptors (Lipinski definition) is 3. The number of amides is 1. The molecule has 0 aromatic carbocycles. The molecule has 1 aliphatic rings. The summed E-state index contributed by atoms with van der Waals surface area (Å²) >= 11 is 4.94. The van der Waals surface area contributed by atoms with Crippen molar-refractivity contribution in [2.24, 2.45) is 5.92 Å². The van der Waals surface area contributed by atoms with E-state index < -0.39 is 0 Å². The molecule has 0 spiro atoms. The van der Waals surface area contributed by atoms with Gasteiger partial charge in [-0.25, -0.2) is 0 Å². The number of likely N-dealkylation sites (tertiary alicyclic amines) is 1. The zero-order valence-corrected chi connectivity index (χ0v) is 11.6. The van der Waals surface area contributed by atoms with Crippen LogP contribution in [0.2, 0.25) is 0 Å². The average molecular weight is 303 g/mol. The molecule has 1 N–H and O–H groups in total. The van der Waals surface area contributed by atoms with E-state index >= 15 is 0 Å². The maximum Gasteiger partial charge on any atom is 0.254 e. The molecule has 88 valence electrons. The van der Waals surface area contributed by atoms with Crippen molar-refractivity contribution in [3.8, 4) is 0 Å². The molecular weight excluding hydrogens is 288 g/mol. The molecule has 5 heteroatoms. The first-order valence-corrected chi connectivity index (χ1v) is 7.06. The Kier molecular flexibility index (Phi) is 4.00. The van der Waals surface area contributed by atoms with E-state index in [2.05, 4.69) is 21.2 Å². The summed E-state index contributed by atoms with van der Waals surface area (Å²) in [4.78, 5) is 14.1. The lowest BCUT2D eigenvalue weighted by atomic mass is 10.1. The number of nitrogens with one attached hydrogen (secondary N) is 1. The van der Waals surface area contributed by atoms with Gasteiger partial charge in [-0.1, -0.05) is 0 Å². The lowest BCUT2D eigenvalue weighted by molar-refractivity contribution is 0.0787. The first-order chi connectivity index (χ1) is 7.70. The lowest BCUT2D eigenvalue weighted by Gasteiger charge is -2.15.